The third-order valence-corrected chi connectivity index (χ3v) is 9.43. The fraction of sp³-hybridized carbons (Fsp3) is 0.625. The maximum absolute atomic E-state index is 13.8. The molecule has 298 valence electrons. The van der Waals surface area contributed by atoms with E-state index in [-0.39, 0.29) is 50.6 Å². The molecule has 1 aromatic heterocycles. The van der Waals surface area contributed by atoms with Crippen LogP contribution < -0.4 is 9.80 Å². The quantitative estimate of drug-likeness (QED) is 0.261. The van der Waals surface area contributed by atoms with Gasteiger partial charge in [0.25, 0.3) is 11.2 Å². The fourth-order valence-corrected chi connectivity index (χ4v) is 6.33. The molecule has 0 spiro atoms. The summed E-state index contributed by atoms with van der Waals surface area (Å²) in [5, 5.41) is 21.2. The van der Waals surface area contributed by atoms with Gasteiger partial charge >= 0.3 is 24.7 Å². The van der Waals surface area contributed by atoms with E-state index < -0.39 is 88.4 Å². The molecule has 9 nitrogen and oxygen atoms in total. The number of halogens is 12. The number of nitrogens with zero attached hydrogens (tertiary/aromatic N) is 4. The molecule has 0 saturated carbocycles. The van der Waals surface area contributed by atoms with Gasteiger partial charge in [-0.3, -0.25) is 9.80 Å². The van der Waals surface area contributed by atoms with Crippen LogP contribution in [0, 0.1) is 0 Å². The molecule has 1 fully saturated rings. The zero-order valence-electron chi connectivity index (χ0n) is 27.8. The topological polar surface area (TPSA) is 85.0 Å². The van der Waals surface area contributed by atoms with Crippen LogP contribution in [0.3, 0.4) is 0 Å². The molecule has 0 atom stereocenters. The van der Waals surface area contributed by atoms with Gasteiger partial charge in [-0.05, 0) is 12.1 Å². The lowest BCUT2D eigenvalue weighted by Gasteiger charge is -2.38. The number of anilines is 2. The summed E-state index contributed by atoms with van der Waals surface area (Å²) < 4.78 is 183. The van der Waals surface area contributed by atoms with Crippen LogP contribution in [0.15, 0.2) is 40.8 Å². The number of hydrogen-bond acceptors (Lipinski definition) is 9. The first-order valence-corrected chi connectivity index (χ1v) is 16.3. The van der Waals surface area contributed by atoms with E-state index in [1.54, 1.807) is 46.2 Å². The smallest absolute Gasteiger partial charge is 0.427 e. The molecule has 0 radical (unpaired) electrons. The number of rotatable bonds is 4. The average molecular weight is 785 g/mol. The molecule has 0 aliphatic carbocycles. The normalized spacial score (nSPS) is 19.5. The Morgan fingerprint density at radius 2 is 0.811 bits per heavy atom. The summed E-state index contributed by atoms with van der Waals surface area (Å²) in [4.78, 5) is 4.61. The van der Waals surface area contributed by atoms with Crippen LogP contribution in [-0.4, -0.2) is 148 Å². The summed E-state index contributed by atoms with van der Waals surface area (Å²) >= 11 is 0. The number of furan rings is 1. The van der Waals surface area contributed by atoms with E-state index in [0.717, 1.165) is 0 Å². The van der Waals surface area contributed by atoms with Gasteiger partial charge in [0.1, 0.15) is 0 Å². The molecule has 3 aromatic rings. The first kappa shape index (κ1) is 40.9. The molecule has 0 amide bonds. The first-order valence-electron chi connectivity index (χ1n) is 16.3. The molecule has 4 bridgehead atoms. The second kappa shape index (κ2) is 15.1. The highest BCUT2D eigenvalue weighted by Gasteiger charge is 2.71. The predicted molar refractivity (Wildman–Crippen MR) is 167 cm³/mol. The van der Waals surface area contributed by atoms with E-state index in [1.807, 2.05) is 0 Å². The maximum Gasteiger partial charge on any atom is 0.427 e. The van der Waals surface area contributed by atoms with Gasteiger partial charge in [0, 0.05) is 76.2 Å². The highest BCUT2D eigenvalue weighted by Crippen LogP contribution is 2.45. The first-order chi connectivity index (χ1) is 24.6. The van der Waals surface area contributed by atoms with Crippen LogP contribution in [0.25, 0.3) is 21.9 Å². The van der Waals surface area contributed by atoms with Crippen LogP contribution in [-0.2, 0) is 9.47 Å². The maximum atomic E-state index is 13.8. The molecule has 4 heterocycles. The van der Waals surface area contributed by atoms with E-state index >= 15 is 0 Å². The third kappa shape index (κ3) is 8.38. The molecular weight excluding hydrogens is 748 g/mol. The van der Waals surface area contributed by atoms with Gasteiger partial charge in [-0.1, -0.05) is 24.3 Å². The Kier molecular flexibility index (Phi) is 11.7. The van der Waals surface area contributed by atoms with Gasteiger partial charge in [-0.2, -0.15) is 52.7 Å². The highest BCUT2D eigenvalue weighted by atomic mass is 19.4. The Hall–Kier alpha value is -3.24. The second-order valence-corrected chi connectivity index (χ2v) is 12.9. The molecule has 3 aliphatic rings. The summed E-state index contributed by atoms with van der Waals surface area (Å²) in [5.74, 6) is 0. The number of hydrogen-bond donors (Lipinski definition) is 2. The highest BCUT2D eigenvalue weighted by molar-refractivity contribution is 6.12. The lowest BCUT2D eigenvalue weighted by Crippen LogP contribution is -2.63. The van der Waals surface area contributed by atoms with Crippen molar-refractivity contribution in [2.75, 3.05) is 102 Å². The summed E-state index contributed by atoms with van der Waals surface area (Å²) in [6.07, 6.45) is -24.6. The van der Waals surface area contributed by atoms with Gasteiger partial charge in [0.15, 0.2) is 11.2 Å². The van der Waals surface area contributed by atoms with Crippen molar-refractivity contribution in [3.8, 4) is 0 Å². The molecule has 21 heteroatoms. The molecule has 1 saturated heterocycles. The van der Waals surface area contributed by atoms with Crippen molar-refractivity contribution in [2.45, 2.75) is 35.9 Å². The molecule has 2 N–H and O–H groups in total. The van der Waals surface area contributed by atoms with Crippen molar-refractivity contribution in [3.63, 3.8) is 0 Å². The fourth-order valence-electron chi connectivity index (χ4n) is 6.33. The Labute approximate surface area is 294 Å². The van der Waals surface area contributed by atoms with Gasteiger partial charge in [0.2, 0.25) is 0 Å². The van der Waals surface area contributed by atoms with Crippen molar-refractivity contribution in [3.05, 3.63) is 36.4 Å². The minimum atomic E-state index is -6.15. The van der Waals surface area contributed by atoms with E-state index in [4.69, 9.17) is 13.9 Å². The van der Waals surface area contributed by atoms with E-state index in [0.29, 0.717) is 31.9 Å². The SMILES string of the molecule is OC(CN1CCOCCN(CC(O)(C(F)(F)F)C(F)(F)F)CCN2CCOCCN(CC1)c1cccc3c1oc1c2cccc13)(C(F)(F)F)C(F)(F)F. The van der Waals surface area contributed by atoms with E-state index in [2.05, 4.69) is 0 Å². The number of benzene rings is 2. The van der Waals surface area contributed by atoms with Crippen molar-refractivity contribution in [1.29, 1.82) is 0 Å². The lowest BCUT2D eigenvalue weighted by molar-refractivity contribution is -0.371. The molecule has 0 unspecified atom stereocenters. The van der Waals surface area contributed by atoms with Crippen LogP contribution in [0.5, 0.6) is 0 Å². The van der Waals surface area contributed by atoms with Crippen LogP contribution in [0.1, 0.15) is 0 Å². The summed E-state index contributed by atoms with van der Waals surface area (Å²) in [6.45, 7) is -7.87. The zero-order chi connectivity index (χ0) is 39.0. The number of alkyl halides is 12. The number of fused-ring (bicyclic) bond motifs is 15. The zero-order valence-corrected chi connectivity index (χ0v) is 27.8. The lowest BCUT2D eigenvalue weighted by atomic mass is 10.0. The predicted octanol–water partition coefficient (Wildman–Crippen LogP) is 5.57. The average Bonchev–Trinajstić information content (AvgIpc) is 3.43. The minimum absolute atomic E-state index is 0.0174. The number of aliphatic hydroxyl groups is 2. The van der Waals surface area contributed by atoms with E-state index in [1.165, 1.54) is 0 Å². The number of para-hydroxylation sites is 2. The number of ether oxygens (including phenoxy) is 2. The monoisotopic (exact) mass is 784 g/mol. The Bertz CT molecular complexity index is 1550. The third-order valence-electron chi connectivity index (χ3n) is 9.43. The van der Waals surface area contributed by atoms with Crippen LogP contribution >= 0.6 is 0 Å². The van der Waals surface area contributed by atoms with Crippen molar-refractivity contribution < 1.29 is 76.8 Å². The minimum Gasteiger partial charge on any atom is -0.452 e. The van der Waals surface area contributed by atoms with Gasteiger partial charge in [0.05, 0.1) is 37.8 Å². The Morgan fingerprint density at radius 1 is 0.472 bits per heavy atom. The van der Waals surface area contributed by atoms with Crippen molar-refractivity contribution in [2.24, 2.45) is 0 Å². The Balaban J connectivity index is 1.60. The molecule has 2 aromatic carbocycles. The molecule has 6 rings (SSSR count). The van der Waals surface area contributed by atoms with Crippen LogP contribution in [0.4, 0.5) is 64.1 Å². The van der Waals surface area contributed by atoms with Gasteiger partial charge in [-0.15, -0.1) is 0 Å². The second-order valence-electron chi connectivity index (χ2n) is 12.9. The molecule has 3 aliphatic heterocycles. The van der Waals surface area contributed by atoms with E-state index in [9.17, 15) is 62.9 Å². The van der Waals surface area contributed by atoms with Gasteiger partial charge in [-0.25, -0.2) is 0 Å². The van der Waals surface area contributed by atoms with Crippen molar-refractivity contribution >= 4 is 33.3 Å². The summed E-state index contributed by atoms with van der Waals surface area (Å²) in [5.41, 5.74) is -8.95. The van der Waals surface area contributed by atoms with Gasteiger partial charge < -0.3 is 33.9 Å². The molecule has 53 heavy (non-hydrogen) atoms. The van der Waals surface area contributed by atoms with Crippen molar-refractivity contribution in [1.82, 2.24) is 9.80 Å². The largest absolute Gasteiger partial charge is 0.452 e. The molecular formula is C32H36F12N4O5. The van der Waals surface area contributed by atoms with Crippen LogP contribution in [0.2, 0.25) is 0 Å². The Morgan fingerprint density at radius 3 is 1.15 bits per heavy atom. The summed E-state index contributed by atoms with van der Waals surface area (Å²) in [7, 11) is 0. The summed E-state index contributed by atoms with van der Waals surface area (Å²) in [6, 6.07) is 9.99. The standard InChI is InChI=1S/C32H36F12N4O5/c33-29(34,35)27(49,30(36,37)38)19-45-7-9-47-13-17-52-18-14-48(24-6-2-4-22-21-3-1-5-23(47)25(21)53-26(22)24)10-8-46(12-16-51-15-11-45)20-28(50,31(39,40)41)32(42,43)44/h1-6,49-50H,7-20H2.